The van der Waals surface area contributed by atoms with Gasteiger partial charge in [-0.25, -0.2) is 17.6 Å². The van der Waals surface area contributed by atoms with E-state index in [2.05, 4.69) is 27.9 Å². The van der Waals surface area contributed by atoms with Gasteiger partial charge in [-0.05, 0) is 23.3 Å². The standard InChI is InChI=1S/C40H26F4IN3O5/c41-23-11-21-27(13-25(23)43)47-34-30(21)32-33(38(50)46-37(32)49)31-22-12-24(42)26(44)14-28(22)48(35(31)34)40(18-45)15-29(51-16-19-7-3-1-4-8-19)36(39(47)53-40)52-17-20-9-5-2-6-10-20/h1-14,29,36,39H,15-18H2,(H,46,49,50)/t29-,36+,39+,40+/m0/s1. The predicted molar refractivity (Wildman–Crippen MR) is 196 cm³/mol. The zero-order valence-electron chi connectivity index (χ0n) is 27.5. The van der Waals surface area contributed by atoms with Gasteiger partial charge in [-0.1, -0.05) is 83.3 Å². The van der Waals surface area contributed by atoms with Gasteiger partial charge in [0.25, 0.3) is 11.8 Å². The van der Waals surface area contributed by atoms with Gasteiger partial charge in [-0.15, -0.1) is 0 Å². The van der Waals surface area contributed by atoms with Crippen molar-refractivity contribution in [2.24, 2.45) is 0 Å². The second kappa shape index (κ2) is 11.8. The maximum absolute atomic E-state index is 15.4. The first-order valence-electron chi connectivity index (χ1n) is 16.9. The largest absolute Gasteiger partial charge is 0.370 e. The van der Waals surface area contributed by atoms with Gasteiger partial charge in [0.05, 0.1) is 52.5 Å². The molecule has 1 fully saturated rings. The highest BCUT2D eigenvalue weighted by Gasteiger charge is 2.54. The van der Waals surface area contributed by atoms with Gasteiger partial charge in [-0.2, -0.15) is 0 Å². The fourth-order valence-corrected chi connectivity index (χ4v) is 9.33. The van der Waals surface area contributed by atoms with E-state index in [1.807, 2.05) is 60.7 Å². The number of carbonyl (C=O) groups is 2. The van der Waals surface area contributed by atoms with Crippen LogP contribution in [0.25, 0.3) is 43.6 Å². The van der Waals surface area contributed by atoms with Gasteiger partial charge >= 0.3 is 0 Å². The zero-order chi connectivity index (χ0) is 36.3. The Hall–Kier alpha value is -4.83. The average molecular weight is 832 g/mol. The van der Waals surface area contributed by atoms with Crippen molar-refractivity contribution in [1.82, 2.24) is 14.5 Å². The van der Waals surface area contributed by atoms with Gasteiger partial charge in [0.15, 0.2) is 35.2 Å². The summed E-state index contributed by atoms with van der Waals surface area (Å²) in [5.41, 5.74) is 1.29. The Balaban J connectivity index is 1.34. The molecule has 5 aromatic carbocycles. The van der Waals surface area contributed by atoms with Crippen LogP contribution in [0, 0.1) is 23.3 Å². The van der Waals surface area contributed by atoms with E-state index >= 15 is 17.6 Å². The molecule has 5 heterocycles. The van der Waals surface area contributed by atoms with Crippen molar-refractivity contribution in [2.75, 3.05) is 4.43 Å². The van der Waals surface area contributed by atoms with E-state index in [0.717, 1.165) is 35.4 Å². The van der Waals surface area contributed by atoms with E-state index in [1.165, 1.54) is 0 Å². The van der Waals surface area contributed by atoms with Crippen LogP contribution in [0.5, 0.6) is 0 Å². The molecule has 4 atom stereocenters. The molecule has 0 unspecified atom stereocenters. The molecule has 3 aliphatic rings. The number of hydrogen-bond acceptors (Lipinski definition) is 5. The van der Waals surface area contributed by atoms with E-state index in [0.29, 0.717) is 11.0 Å². The maximum Gasteiger partial charge on any atom is 0.259 e. The first-order valence-corrected chi connectivity index (χ1v) is 18.4. The summed E-state index contributed by atoms with van der Waals surface area (Å²) in [6.07, 6.45) is -2.51. The number of carbonyl (C=O) groups excluding carboxylic acids is 2. The second-order valence-corrected chi connectivity index (χ2v) is 14.4. The summed E-state index contributed by atoms with van der Waals surface area (Å²) in [4.78, 5) is 27.4. The Bertz CT molecular complexity index is 2720. The van der Waals surface area contributed by atoms with Crippen LogP contribution >= 0.6 is 22.6 Å². The van der Waals surface area contributed by atoms with Crippen LogP contribution in [0.4, 0.5) is 17.6 Å². The topological polar surface area (TPSA) is 83.7 Å². The Morgan fingerprint density at radius 3 is 1.87 bits per heavy atom. The highest BCUT2D eigenvalue weighted by molar-refractivity contribution is 14.1. The first-order chi connectivity index (χ1) is 25.7. The third-order valence-corrected chi connectivity index (χ3v) is 11.9. The molecule has 0 spiro atoms. The second-order valence-electron chi connectivity index (χ2n) is 13.6. The summed E-state index contributed by atoms with van der Waals surface area (Å²) < 4.78 is 85.5. The molecular weight excluding hydrogens is 805 g/mol. The molecule has 266 valence electrons. The molecule has 1 saturated heterocycles. The Morgan fingerprint density at radius 2 is 1.26 bits per heavy atom. The quantitative estimate of drug-likeness (QED) is 0.0754. The molecule has 1 N–H and O–H groups in total. The minimum atomic E-state index is -1.34. The van der Waals surface area contributed by atoms with E-state index < -0.39 is 59.2 Å². The van der Waals surface area contributed by atoms with Crippen molar-refractivity contribution >= 4 is 78.0 Å². The van der Waals surface area contributed by atoms with Crippen LogP contribution in [0.3, 0.4) is 0 Å². The Labute approximate surface area is 311 Å². The zero-order valence-corrected chi connectivity index (χ0v) is 29.6. The molecule has 3 aliphatic heterocycles. The van der Waals surface area contributed by atoms with Crippen molar-refractivity contribution in [2.45, 2.75) is 43.8 Å². The van der Waals surface area contributed by atoms with Crippen LogP contribution in [0.15, 0.2) is 84.9 Å². The lowest BCUT2D eigenvalue weighted by atomic mass is 9.95. The minimum absolute atomic E-state index is 0.0650. The lowest BCUT2D eigenvalue weighted by molar-refractivity contribution is -0.280. The van der Waals surface area contributed by atoms with Gasteiger partial charge in [0, 0.05) is 44.5 Å². The van der Waals surface area contributed by atoms with Crippen molar-refractivity contribution in [3.05, 3.63) is 130 Å². The van der Waals surface area contributed by atoms with Gasteiger partial charge < -0.3 is 23.3 Å². The normalized spacial score (nSPS) is 22.0. The molecule has 2 amide bonds. The minimum Gasteiger partial charge on any atom is -0.370 e. The number of hydrogen-bond donors (Lipinski definition) is 1. The van der Waals surface area contributed by atoms with Crippen molar-refractivity contribution in [3.63, 3.8) is 0 Å². The van der Waals surface area contributed by atoms with Crippen LogP contribution in [-0.2, 0) is 33.1 Å². The summed E-state index contributed by atoms with van der Waals surface area (Å²) in [6, 6.07) is 23.2. The number of imide groups is 1. The van der Waals surface area contributed by atoms with Crippen LogP contribution in [0.1, 0.15) is 44.5 Å². The molecule has 10 rings (SSSR count). The summed E-state index contributed by atoms with van der Waals surface area (Å²) in [5.74, 6) is -6.09. The van der Waals surface area contributed by atoms with Gasteiger partial charge in [0.1, 0.15) is 6.10 Å². The number of alkyl halides is 1. The highest BCUT2D eigenvalue weighted by atomic mass is 127. The SMILES string of the molecule is O=C1NC(=O)c2c1c1c3cc(F)c(F)cc3n3c1c1c2c2cc(F)c(F)cc2n1[C@]1(CI)C[C@H](OCc2ccccc2)[C@@H](OCc2ccccc2)[C@H]3O1. The van der Waals surface area contributed by atoms with Crippen molar-refractivity contribution in [3.8, 4) is 0 Å². The lowest BCUT2D eigenvalue weighted by Crippen LogP contribution is -2.55. The van der Waals surface area contributed by atoms with Crippen LogP contribution in [0.2, 0.25) is 0 Å². The highest BCUT2D eigenvalue weighted by Crippen LogP contribution is 2.55. The third kappa shape index (κ3) is 4.63. The molecule has 2 bridgehead atoms. The third-order valence-electron chi connectivity index (χ3n) is 10.7. The molecule has 7 aromatic rings. The Morgan fingerprint density at radius 1 is 0.736 bits per heavy atom. The van der Waals surface area contributed by atoms with Crippen molar-refractivity contribution in [1.29, 1.82) is 0 Å². The summed E-state index contributed by atoms with van der Waals surface area (Å²) >= 11 is 2.18. The number of amides is 2. The Kier molecular flexibility index (Phi) is 7.32. The smallest absolute Gasteiger partial charge is 0.259 e. The van der Waals surface area contributed by atoms with E-state index in [-0.39, 0.29) is 67.8 Å². The molecule has 0 aliphatic carbocycles. The molecular formula is C40H26F4IN3O5. The number of fused-ring (bicyclic) bond motifs is 13. The number of rotatable bonds is 7. The monoisotopic (exact) mass is 831 g/mol. The number of ether oxygens (including phenoxy) is 3. The predicted octanol–water partition coefficient (Wildman–Crippen LogP) is 8.53. The first kappa shape index (κ1) is 32.8. The fraction of sp³-hybridized carbons (Fsp3) is 0.200. The van der Waals surface area contributed by atoms with Crippen molar-refractivity contribution < 1.29 is 41.4 Å². The van der Waals surface area contributed by atoms with E-state index in [9.17, 15) is 9.59 Å². The number of benzene rings is 5. The molecule has 53 heavy (non-hydrogen) atoms. The summed E-state index contributed by atoms with van der Waals surface area (Å²) in [7, 11) is 0. The molecule has 0 saturated carbocycles. The number of nitrogens with zero attached hydrogens (tertiary/aromatic N) is 2. The molecule has 0 radical (unpaired) electrons. The maximum atomic E-state index is 15.4. The number of halogens is 5. The van der Waals surface area contributed by atoms with Crippen LogP contribution in [-0.4, -0.2) is 37.6 Å². The summed E-state index contributed by atoms with van der Waals surface area (Å²) in [5, 5.41) is 3.05. The van der Waals surface area contributed by atoms with Gasteiger partial charge in [-0.3, -0.25) is 14.9 Å². The fourth-order valence-electron chi connectivity index (χ4n) is 8.50. The van der Waals surface area contributed by atoms with E-state index in [4.69, 9.17) is 14.2 Å². The lowest BCUT2D eigenvalue weighted by Gasteiger charge is -2.48. The summed E-state index contributed by atoms with van der Waals surface area (Å²) in [6.45, 7) is 0.343. The van der Waals surface area contributed by atoms with Crippen LogP contribution < -0.4 is 5.32 Å². The number of aromatic nitrogens is 2. The van der Waals surface area contributed by atoms with Gasteiger partial charge in [0.2, 0.25) is 0 Å². The molecule has 8 nitrogen and oxygen atoms in total. The number of nitrogens with one attached hydrogen (secondary N) is 1. The molecule has 2 aromatic heterocycles. The van der Waals surface area contributed by atoms with E-state index in [1.54, 1.807) is 9.13 Å². The average Bonchev–Trinajstić information content (AvgIpc) is 3.74. The molecule has 13 heteroatoms.